The monoisotopic (exact) mass is 286 g/mol. The van der Waals surface area contributed by atoms with E-state index in [0.717, 1.165) is 30.0 Å². The summed E-state index contributed by atoms with van der Waals surface area (Å²) in [5.74, 6) is 1.30. The summed E-state index contributed by atoms with van der Waals surface area (Å²) >= 11 is 0. The number of hydrogen-bond donors (Lipinski definition) is 2. The molecule has 21 heavy (non-hydrogen) atoms. The fourth-order valence-electron chi connectivity index (χ4n) is 2.77. The van der Waals surface area contributed by atoms with E-state index in [2.05, 4.69) is 49.6 Å². The number of nitrogens with one attached hydrogen (secondary N) is 2. The van der Waals surface area contributed by atoms with Crippen molar-refractivity contribution in [1.82, 2.24) is 19.9 Å². The van der Waals surface area contributed by atoms with Gasteiger partial charge < -0.3 is 10.6 Å². The van der Waals surface area contributed by atoms with Crippen molar-refractivity contribution in [3.05, 3.63) is 24.0 Å². The first kappa shape index (κ1) is 14.3. The van der Waals surface area contributed by atoms with E-state index in [1.165, 1.54) is 6.42 Å². The topological polar surface area (TPSA) is 54.2 Å². The van der Waals surface area contributed by atoms with Crippen LogP contribution in [0.2, 0.25) is 0 Å². The predicted molar refractivity (Wildman–Crippen MR) is 84.6 cm³/mol. The highest BCUT2D eigenvalue weighted by Gasteiger charge is 2.26. The van der Waals surface area contributed by atoms with E-state index in [1.54, 1.807) is 4.52 Å². The highest BCUT2D eigenvalue weighted by molar-refractivity contribution is 5.52. The number of rotatable bonds is 3. The lowest BCUT2D eigenvalue weighted by atomic mass is 9.91. The molecular weight excluding hydrogens is 262 g/mol. The molecule has 0 aromatic carbocycles. The van der Waals surface area contributed by atoms with Crippen LogP contribution in [0.3, 0.4) is 0 Å². The van der Waals surface area contributed by atoms with Crippen LogP contribution in [0.1, 0.15) is 52.0 Å². The van der Waals surface area contributed by atoms with Gasteiger partial charge in [-0.3, -0.25) is 0 Å². The first-order chi connectivity index (χ1) is 9.94. The normalized spacial score (nSPS) is 21.9. The largest absolute Gasteiger partial charge is 0.366 e. The molecule has 0 bridgehead atoms. The number of hydrogen-bond acceptors (Lipinski definition) is 4. The minimum atomic E-state index is 0.248. The van der Waals surface area contributed by atoms with E-state index < -0.39 is 0 Å². The molecule has 2 N–H and O–H groups in total. The highest BCUT2D eigenvalue weighted by atomic mass is 15.3. The number of fused-ring (bicyclic) bond motifs is 1. The maximum absolute atomic E-state index is 4.72. The first-order valence-corrected chi connectivity index (χ1v) is 7.72. The van der Waals surface area contributed by atoms with Crippen molar-refractivity contribution in [1.29, 1.82) is 0 Å². The van der Waals surface area contributed by atoms with Gasteiger partial charge in [-0.15, -0.1) is 0 Å². The van der Waals surface area contributed by atoms with Gasteiger partial charge in [0.05, 0.1) is 12.4 Å². The van der Waals surface area contributed by atoms with Crippen LogP contribution in [-0.2, 0) is 0 Å². The maximum atomic E-state index is 4.72. The van der Waals surface area contributed by atoms with E-state index in [9.17, 15) is 0 Å². The lowest BCUT2D eigenvalue weighted by molar-refractivity contribution is 0.289. The standard InChI is InChI=1S/C16H24N5/c1-11(2)13-10-18-21-8-6-14(20-15(13)21)19-12-5-7-16(3,4)17-9-12/h6,10-12,17H,5,7,9H2,1-4H3,(H,19,20)/t12-/m0/s1. The van der Waals surface area contributed by atoms with Gasteiger partial charge in [-0.05, 0) is 32.6 Å². The zero-order valence-electron chi connectivity index (χ0n) is 13.3. The number of aromatic nitrogens is 3. The minimum Gasteiger partial charge on any atom is -0.366 e. The molecule has 113 valence electrons. The summed E-state index contributed by atoms with van der Waals surface area (Å²) in [5, 5.41) is 11.4. The third-order valence-electron chi connectivity index (χ3n) is 4.24. The Morgan fingerprint density at radius 3 is 2.95 bits per heavy atom. The van der Waals surface area contributed by atoms with Crippen molar-refractivity contribution < 1.29 is 0 Å². The van der Waals surface area contributed by atoms with Crippen LogP contribution in [0.15, 0.2) is 12.3 Å². The molecule has 0 spiro atoms. The Balaban J connectivity index is 1.77. The molecular formula is C16H24N5. The van der Waals surface area contributed by atoms with Gasteiger partial charge in [0.2, 0.25) is 0 Å². The molecule has 0 amide bonds. The summed E-state index contributed by atoms with van der Waals surface area (Å²) in [6, 6.07) is 2.30. The van der Waals surface area contributed by atoms with Crippen LogP contribution >= 0.6 is 0 Å². The summed E-state index contributed by atoms with van der Waals surface area (Å²) in [6.45, 7) is 9.79. The Bertz CT molecular complexity index is 619. The third-order valence-corrected chi connectivity index (χ3v) is 4.24. The van der Waals surface area contributed by atoms with Crippen molar-refractivity contribution in [2.75, 3.05) is 11.9 Å². The lowest BCUT2D eigenvalue weighted by Gasteiger charge is -2.36. The maximum Gasteiger partial charge on any atom is 0.161 e. The van der Waals surface area contributed by atoms with E-state index in [1.807, 2.05) is 12.3 Å². The van der Waals surface area contributed by atoms with Gasteiger partial charge in [-0.2, -0.15) is 5.10 Å². The van der Waals surface area contributed by atoms with Gasteiger partial charge in [0, 0.05) is 29.8 Å². The zero-order chi connectivity index (χ0) is 15.0. The first-order valence-electron chi connectivity index (χ1n) is 7.72. The van der Waals surface area contributed by atoms with Crippen LogP contribution < -0.4 is 10.6 Å². The summed E-state index contributed by atoms with van der Waals surface area (Å²) in [6.07, 6.45) is 7.37. The van der Waals surface area contributed by atoms with Gasteiger partial charge in [0.1, 0.15) is 5.82 Å². The Hall–Kier alpha value is -1.62. The van der Waals surface area contributed by atoms with E-state index >= 15 is 0 Å². The second kappa shape index (κ2) is 5.30. The van der Waals surface area contributed by atoms with Crippen LogP contribution in [-0.4, -0.2) is 32.7 Å². The molecule has 0 unspecified atom stereocenters. The minimum absolute atomic E-state index is 0.248. The molecule has 3 heterocycles. The van der Waals surface area contributed by atoms with E-state index in [0.29, 0.717) is 12.0 Å². The highest BCUT2D eigenvalue weighted by Crippen LogP contribution is 2.22. The predicted octanol–water partition coefficient (Wildman–Crippen LogP) is 2.60. The van der Waals surface area contributed by atoms with Gasteiger partial charge in [-0.1, -0.05) is 13.8 Å². The molecule has 1 saturated heterocycles. The van der Waals surface area contributed by atoms with Crippen molar-refractivity contribution in [3.63, 3.8) is 0 Å². The van der Waals surface area contributed by atoms with Crippen LogP contribution in [0.5, 0.6) is 0 Å². The summed E-state index contributed by atoms with van der Waals surface area (Å²) in [7, 11) is 0. The van der Waals surface area contributed by atoms with Gasteiger partial charge in [-0.25, -0.2) is 9.50 Å². The Labute approximate surface area is 126 Å². The third kappa shape index (κ3) is 3.02. The van der Waals surface area contributed by atoms with Gasteiger partial charge >= 0.3 is 0 Å². The number of nitrogens with zero attached hydrogens (tertiary/aromatic N) is 3. The Morgan fingerprint density at radius 2 is 2.29 bits per heavy atom. The molecule has 1 radical (unpaired) electrons. The Morgan fingerprint density at radius 1 is 1.48 bits per heavy atom. The van der Waals surface area contributed by atoms with Crippen molar-refractivity contribution in [3.8, 4) is 0 Å². The average molecular weight is 286 g/mol. The smallest absolute Gasteiger partial charge is 0.161 e. The van der Waals surface area contributed by atoms with Gasteiger partial charge in [0.25, 0.3) is 0 Å². The van der Waals surface area contributed by atoms with E-state index in [-0.39, 0.29) is 5.54 Å². The SMILES string of the molecule is CC(C)c1cnn2[c]cc(N[C@H]3CCC(C)(C)NC3)nc12. The summed E-state index contributed by atoms with van der Waals surface area (Å²) in [4.78, 5) is 4.72. The molecule has 2 aromatic rings. The molecule has 5 nitrogen and oxygen atoms in total. The fraction of sp³-hybridized carbons (Fsp3) is 0.625. The molecule has 1 atom stereocenters. The second-order valence-corrected chi connectivity index (χ2v) is 6.91. The van der Waals surface area contributed by atoms with Crippen LogP contribution in [0.4, 0.5) is 5.82 Å². The van der Waals surface area contributed by atoms with Crippen molar-refractivity contribution in [2.24, 2.45) is 0 Å². The molecule has 0 aliphatic carbocycles. The van der Waals surface area contributed by atoms with Crippen molar-refractivity contribution in [2.45, 2.75) is 58.0 Å². The lowest BCUT2D eigenvalue weighted by Crippen LogP contribution is -2.50. The molecule has 1 aliphatic rings. The fourth-order valence-corrected chi connectivity index (χ4v) is 2.77. The van der Waals surface area contributed by atoms with Crippen molar-refractivity contribution >= 4 is 11.5 Å². The molecule has 1 aliphatic heterocycles. The summed E-state index contributed by atoms with van der Waals surface area (Å²) < 4.78 is 1.72. The molecule has 3 rings (SSSR count). The van der Waals surface area contributed by atoms with Crippen LogP contribution in [0.25, 0.3) is 5.65 Å². The van der Waals surface area contributed by atoms with E-state index in [4.69, 9.17) is 4.98 Å². The summed E-state index contributed by atoms with van der Waals surface area (Å²) in [5.41, 5.74) is 2.31. The number of piperidine rings is 1. The zero-order valence-corrected chi connectivity index (χ0v) is 13.3. The number of anilines is 1. The Kier molecular flexibility index (Phi) is 3.61. The van der Waals surface area contributed by atoms with Gasteiger partial charge in [0.15, 0.2) is 5.65 Å². The molecule has 0 saturated carbocycles. The second-order valence-electron chi connectivity index (χ2n) is 6.91. The quantitative estimate of drug-likeness (QED) is 0.910. The molecule has 1 fully saturated rings. The molecule has 5 heteroatoms. The average Bonchev–Trinajstić information content (AvgIpc) is 2.84. The molecule has 2 aromatic heterocycles. The van der Waals surface area contributed by atoms with Crippen LogP contribution in [0, 0.1) is 6.20 Å².